The molecule has 0 aliphatic carbocycles. The van der Waals surface area contributed by atoms with E-state index >= 15 is 0 Å². The number of anilines is 1. The zero-order valence-electron chi connectivity index (χ0n) is 18.5. The van der Waals surface area contributed by atoms with Crippen LogP contribution in [0, 0.1) is 0 Å². The molecule has 0 spiro atoms. The highest BCUT2D eigenvalue weighted by Crippen LogP contribution is 2.38. The topological polar surface area (TPSA) is 67.8 Å². The fraction of sp³-hybridized carbons (Fsp3) is 0.240. The summed E-state index contributed by atoms with van der Waals surface area (Å²) in [5.41, 5.74) is 2.86. The Morgan fingerprint density at radius 3 is 2.30 bits per heavy atom. The number of hydrogen-bond acceptors (Lipinski definition) is 7. The van der Waals surface area contributed by atoms with Crippen molar-refractivity contribution in [1.82, 2.24) is 14.9 Å². The molecule has 0 atom stereocenters. The van der Waals surface area contributed by atoms with E-state index < -0.39 is 0 Å². The Morgan fingerprint density at radius 1 is 0.939 bits per heavy atom. The maximum Gasteiger partial charge on any atom is 0.254 e. The molecule has 8 heteroatoms. The minimum Gasteiger partial charge on any atom is -0.497 e. The smallest absolute Gasteiger partial charge is 0.254 e. The molecular formula is C25H24N4O3S. The minimum atomic E-state index is -0.0276. The number of carbonyl (C=O) groups excluding carboxylic acids is 1. The summed E-state index contributed by atoms with van der Waals surface area (Å²) >= 11 is 1.63. The van der Waals surface area contributed by atoms with Gasteiger partial charge < -0.3 is 19.3 Å². The average Bonchev–Trinajstić information content (AvgIpc) is 3.33. The normalized spacial score (nSPS) is 13.9. The second-order valence-corrected chi connectivity index (χ2v) is 8.63. The van der Waals surface area contributed by atoms with E-state index in [2.05, 4.69) is 32.4 Å². The molecular weight excluding hydrogens is 436 g/mol. The Kier molecular flexibility index (Phi) is 5.83. The number of rotatable bonds is 5. The first-order valence-corrected chi connectivity index (χ1v) is 11.6. The summed E-state index contributed by atoms with van der Waals surface area (Å²) in [6.45, 7) is 2.61. The highest BCUT2D eigenvalue weighted by molar-refractivity contribution is 7.17. The molecule has 4 aromatic rings. The van der Waals surface area contributed by atoms with Gasteiger partial charge in [-0.1, -0.05) is 30.3 Å². The molecule has 0 radical (unpaired) electrons. The Labute approximate surface area is 196 Å². The number of ether oxygens (including phenoxy) is 2. The molecule has 33 heavy (non-hydrogen) atoms. The average molecular weight is 461 g/mol. The number of fused-ring (bicyclic) bond motifs is 1. The van der Waals surface area contributed by atoms with Gasteiger partial charge in [0, 0.05) is 48.8 Å². The van der Waals surface area contributed by atoms with Crippen LogP contribution in [0.25, 0.3) is 21.3 Å². The van der Waals surface area contributed by atoms with E-state index in [9.17, 15) is 4.79 Å². The second-order valence-electron chi connectivity index (χ2n) is 7.77. The molecule has 1 saturated heterocycles. The largest absolute Gasteiger partial charge is 0.497 e. The van der Waals surface area contributed by atoms with Crippen molar-refractivity contribution in [2.45, 2.75) is 0 Å². The number of methoxy groups -OCH3 is 2. The van der Waals surface area contributed by atoms with Crippen LogP contribution in [-0.4, -0.2) is 61.2 Å². The molecule has 1 fully saturated rings. The summed E-state index contributed by atoms with van der Waals surface area (Å²) < 4.78 is 10.6. The van der Waals surface area contributed by atoms with Crippen molar-refractivity contribution < 1.29 is 14.3 Å². The Hall–Kier alpha value is -3.65. The third kappa shape index (κ3) is 4.09. The molecule has 0 N–H and O–H groups in total. The summed E-state index contributed by atoms with van der Waals surface area (Å²) in [5, 5.41) is 3.22. The maximum absolute atomic E-state index is 13.2. The summed E-state index contributed by atoms with van der Waals surface area (Å²) in [6.07, 6.45) is 1.63. The van der Waals surface area contributed by atoms with Crippen molar-refractivity contribution >= 4 is 33.3 Å². The van der Waals surface area contributed by atoms with Gasteiger partial charge in [0.2, 0.25) is 0 Å². The molecule has 3 heterocycles. The van der Waals surface area contributed by atoms with Crippen LogP contribution in [0.3, 0.4) is 0 Å². The first-order chi connectivity index (χ1) is 16.2. The summed E-state index contributed by atoms with van der Waals surface area (Å²) in [5.74, 6) is 2.10. The molecule has 0 bridgehead atoms. The van der Waals surface area contributed by atoms with E-state index in [1.807, 2.05) is 23.1 Å². The second kappa shape index (κ2) is 9.07. The van der Waals surface area contributed by atoms with Crippen molar-refractivity contribution in [2.24, 2.45) is 0 Å². The van der Waals surface area contributed by atoms with Gasteiger partial charge in [0.15, 0.2) is 0 Å². The summed E-state index contributed by atoms with van der Waals surface area (Å²) in [7, 11) is 3.16. The van der Waals surface area contributed by atoms with E-state index in [0.29, 0.717) is 43.2 Å². The molecule has 0 saturated carbocycles. The van der Waals surface area contributed by atoms with Crippen LogP contribution in [-0.2, 0) is 0 Å². The molecule has 1 aliphatic rings. The molecule has 0 unspecified atom stereocenters. The number of benzene rings is 2. The molecule has 1 aliphatic heterocycles. The minimum absolute atomic E-state index is 0.0276. The standard InChI is InChI=1S/C25H24N4O3S/c1-31-19-12-18(13-20(14-19)32-2)25(30)29-10-8-28(9-11-29)23-22-21(17-6-4-3-5-7-17)15-33-24(22)27-16-26-23/h3-7,12-16H,8-11H2,1-2H3. The van der Waals surface area contributed by atoms with Crippen molar-refractivity contribution in [3.8, 4) is 22.6 Å². The van der Waals surface area contributed by atoms with Crippen LogP contribution in [0.15, 0.2) is 60.2 Å². The molecule has 2 aromatic carbocycles. The zero-order chi connectivity index (χ0) is 22.8. The SMILES string of the molecule is COc1cc(OC)cc(C(=O)N2CCN(c3ncnc4scc(-c5ccccc5)c34)CC2)c1. The quantitative estimate of drug-likeness (QED) is 0.441. The highest BCUT2D eigenvalue weighted by Gasteiger charge is 2.26. The van der Waals surface area contributed by atoms with Crippen LogP contribution >= 0.6 is 11.3 Å². The molecule has 7 nitrogen and oxygen atoms in total. The van der Waals surface area contributed by atoms with Gasteiger partial charge >= 0.3 is 0 Å². The molecule has 168 valence electrons. The third-order valence-electron chi connectivity index (χ3n) is 5.90. The lowest BCUT2D eigenvalue weighted by molar-refractivity contribution is 0.0746. The van der Waals surface area contributed by atoms with Gasteiger partial charge in [0.05, 0.1) is 19.6 Å². The van der Waals surface area contributed by atoms with E-state index in [4.69, 9.17) is 9.47 Å². The monoisotopic (exact) mass is 460 g/mol. The predicted molar refractivity (Wildman–Crippen MR) is 131 cm³/mol. The van der Waals surface area contributed by atoms with Crippen molar-refractivity contribution in [3.05, 3.63) is 65.8 Å². The van der Waals surface area contributed by atoms with Gasteiger partial charge in [-0.05, 0) is 17.7 Å². The van der Waals surface area contributed by atoms with Crippen molar-refractivity contribution in [3.63, 3.8) is 0 Å². The molecule has 5 rings (SSSR count). The maximum atomic E-state index is 13.2. The highest BCUT2D eigenvalue weighted by atomic mass is 32.1. The van der Waals surface area contributed by atoms with Gasteiger partial charge in [0.25, 0.3) is 5.91 Å². The fourth-order valence-electron chi connectivity index (χ4n) is 4.16. The Morgan fingerprint density at radius 2 is 1.64 bits per heavy atom. The van der Waals surface area contributed by atoms with E-state index in [1.165, 1.54) is 0 Å². The first-order valence-electron chi connectivity index (χ1n) is 10.7. The van der Waals surface area contributed by atoms with E-state index in [0.717, 1.165) is 27.2 Å². The number of carbonyl (C=O) groups is 1. The number of aromatic nitrogens is 2. The van der Waals surface area contributed by atoms with Crippen molar-refractivity contribution in [2.75, 3.05) is 45.3 Å². The van der Waals surface area contributed by atoms with Gasteiger partial charge in [-0.3, -0.25) is 4.79 Å². The molecule has 2 aromatic heterocycles. The number of thiophene rings is 1. The summed E-state index contributed by atoms with van der Waals surface area (Å²) in [4.78, 5) is 27.4. The zero-order valence-corrected chi connectivity index (χ0v) is 19.3. The van der Waals surface area contributed by atoms with Crippen LogP contribution in [0.4, 0.5) is 5.82 Å². The fourth-order valence-corrected chi connectivity index (χ4v) is 5.07. The van der Waals surface area contributed by atoms with E-state index in [-0.39, 0.29) is 5.91 Å². The predicted octanol–water partition coefficient (Wildman–Crippen LogP) is 4.34. The number of nitrogens with zero attached hydrogens (tertiary/aromatic N) is 4. The van der Waals surface area contributed by atoms with Crippen LogP contribution in [0.5, 0.6) is 11.5 Å². The third-order valence-corrected chi connectivity index (χ3v) is 6.79. The molecule has 1 amide bonds. The van der Waals surface area contributed by atoms with Crippen molar-refractivity contribution in [1.29, 1.82) is 0 Å². The number of piperazine rings is 1. The lowest BCUT2D eigenvalue weighted by Gasteiger charge is -2.35. The van der Waals surface area contributed by atoms with E-state index in [1.54, 1.807) is 50.1 Å². The lowest BCUT2D eigenvalue weighted by atomic mass is 10.1. The summed E-state index contributed by atoms with van der Waals surface area (Å²) in [6, 6.07) is 15.6. The van der Waals surface area contributed by atoms with Crippen LogP contribution in [0.2, 0.25) is 0 Å². The van der Waals surface area contributed by atoms with Gasteiger partial charge in [-0.2, -0.15) is 0 Å². The first kappa shape index (κ1) is 21.2. The van der Waals surface area contributed by atoms with Crippen LogP contribution < -0.4 is 14.4 Å². The Balaban J connectivity index is 1.38. The Bertz CT molecular complexity index is 1260. The van der Waals surface area contributed by atoms with Gasteiger partial charge in [0.1, 0.15) is 28.5 Å². The van der Waals surface area contributed by atoms with Gasteiger partial charge in [-0.15, -0.1) is 11.3 Å². The number of amides is 1. The number of hydrogen-bond donors (Lipinski definition) is 0. The van der Waals surface area contributed by atoms with Crippen LogP contribution in [0.1, 0.15) is 10.4 Å². The van der Waals surface area contributed by atoms with Gasteiger partial charge in [-0.25, -0.2) is 9.97 Å². The lowest BCUT2D eigenvalue weighted by Crippen LogP contribution is -2.49.